The first kappa shape index (κ1) is 18.5. The predicted octanol–water partition coefficient (Wildman–Crippen LogP) is 2.00. The van der Waals surface area contributed by atoms with Gasteiger partial charge in [0.1, 0.15) is 5.69 Å². The lowest BCUT2D eigenvalue weighted by atomic mass is 10.1. The van der Waals surface area contributed by atoms with Crippen LogP contribution in [0.5, 0.6) is 0 Å². The van der Waals surface area contributed by atoms with Crippen LogP contribution >= 0.6 is 0 Å². The highest BCUT2D eigenvalue weighted by molar-refractivity contribution is 6.01. The molecule has 1 aromatic heterocycles. The number of aliphatic hydroxyl groups is 1. The Labute approximate surface area is 160 Å². The Hall–Kier alpha value is -1.89. The Morgan fingerprint density at radius 1 is 1.15 bits per heavy atom. The molecule has 6 heteroatoms. The number of carbonyl (C=O) groups excluding carboxylic acids is 1. The van der Waals surface area contributed by atoms with E-state index in [4.69, 9.17) is 4.74 Å². The van der Waals surface area contributed by atoms with Crippen molar-refractivity contribution in [3.8, 4) is 0 Å². The molecule has 27 heavy (non-hydrogen) atoms. The highest BCUT2D eigenvalue weighted by Crippen LogP contribution is 2.27. The number of H-pyrrole nitrogens is 1. The molecule has 3 heterocycles. The molecule has 1 aromatic carbocycles. The number of hydrogen-bond acceptors (Lipinski definition) is 4. The summed E-state index contributed by atoms with van der Waals surface area (Å²) in [6.45, 7) is 10.3. The summed E-state index contributed by atoms with van der Waals surface area (Å²) in [5, 5.41) is 11.2. The first-order valence-electron chi connectivity index (χ1n) is 9.84. The van der Waals surface area contributed by atoms with E-state index in [9.17, 15) is 9.90 Å². The van der Waals surface area contributed by atoms with Gasteiger partial charge in [-0.25, -0.2) is 0 Å². The van der Waals surface area contributed by atoms with Gasteiger partial charge in [-0.05, 0) is 44.4 Å². The summed E-state index contributed by atoms with van der Waals surface area (Å²) in [5.41, 5.74) is 5.18. The maximum Gasteiger partial charge on any atom is 0.270 e. The highest BCUT2D eigenvalue weighted by atomic mass is 16.5. The third-order valence-electron chi connectivity index (χ3n) is 6.03. The van der Waals surface area contributed by atoms with Gasteiger partial charge in [0.25, 0.3) is 5.91 Å². The van der Waals surface area contributed by atoms with Crippen LogP contribution in [-0.2, 0) is 4.74 Å². The number of aromatic nitrogens is 1. The number of hydrogen-bond donors (Lipinski definition) is 2. The lowest BCUT2D eigenvalue weighted by Gasteiger charge is -2.28. The predicted molar refractivity (Wildman–Crippen MR) is 105 cm³/mol. The number of nitrogens with one attached hydrogen (secondary N) is 1. The molecular formula is C21H29N3O3. The monoisotopic (exact) mass is 371 g/mol. The third kappa shape index (κ3) is 3.37. The summed E-state index contributed by atoms with van der Waals surface area (Å²) in [6.07, 6.45) is 0.487. The zero-order valence-corrected chi connectivity index (χ0v) is 16.4. The van der Waals surface area contributed by atoms with Gasteiger partial charge in [-0.15, -0.1) is 0 Å². The molecule has 2 N–H and O–H groups in total. The number of amides is 1. The minimum absolute atomic E-state index is 0.0560. The quantitative estimate of drug-likeness (QED) is 0.847. The van der Waals surface area contributed by atoms with Gasteiger partial charge in [0.05, 0.1) is 25.4 Å². The van der Waals surface area contributed by atoms with Crippen molar-refractivity contribution in [2.45, 2.75) is 39.3 Å². The molecule has 6 nitrogen and oxygen atoms in total. The fraction of sp³-hybridized carbons (Fsp3) is 0.571. The lowest BCUT2D eigenvalue weighted by Crippen LogP contribution is -2.45. The second-order valence-corrected chi connectivity index (χ2v) is 7.98. The number of aromatic amines is 1. The lowest BCUT2D eigenvalue weighted by molar-refractivity contribution is 0.0720. The largest absolute Gasteiger partial charge is 0.389 e. The van der Waals surface area contributed by atoms with E-state index >= 15 is 0 Å². The summed E-state index contributed by atoms with van der Waals surface area (Å²) in [5.74, 6) is 0.0748. The molecule has 0 radical (unpaired) electrons. The number of aliphatic hydroxyl groups excluding tert-OH is 1. The van der Waals surface area contributed by atoms with Crippen molar-refractivity contribution in [2.75, 3.05) is 39.4 Å². The molecule has 1 amide bonds. The van der Waals surface area contributed by atoms with Gasteiger partial charge in [-0.1, -0.05) is 11.6 Å². The number of aryl methyl sites for hydroxylation is 3. The van der Waals surface area contributed by atoms with Crippen molar-refractivity contribution in [3.63, 3.8) is 0 Å². The number of carbonyl (C=O) groups is 1. The Bertz CT molecular complexity index is 860. The molecule has 2 aliphatic rings. The van der Waals surface area contributed by atoms with Crippen molar-refractivity contribution < 1.29 is 14.6 Å². The number of fused-ring (bicyclic) bond motifs is 1. The van der Waals surface area contributed by atoms with Gasteiger partial charge in [0, 0.05) is 37.1 Å². The molecule has 0 aliphatic carbocycles. The maximum atomic E-state index is 13.2. The van der Waals surface area contributed by atoms with Crippen molar-refractivity contribution in [3.05, 3.63) is 34.5 Å². The van der Waals surface area contributed by atoms with Gasteiger partial charge < -0.3 is 19.7 Å². The molecular weight excluding hydrogens is 342 g/mol. The van der Waals surface area contributed by atoms with Crippen molar-refractivity contribution in [1.29, 1.82) is 0 Å². The Morgan fingerprint density at radius 3 is 2.70 bits per heavy atom. The van der Waals surface area contributed by atoms with Gasteiger partial charge in [0.2, 0.25) is 0 Å². The minimum atomic E-state index is -0.422. The molecule has 2 aromatic rings. The smallest absolute Gasteiger partial charge is 0.270 e. The SMILES string of the molecule is Cc1cc(C)c2[nH]c(C(=O)N3CCCN([C@@H]4COC[C@H]4O)CC3)c(C)c2c1. The second kappa shape index (κ2) is 7.26. The van der Waals surface area contributed by atoms with Gasteiger partial charge >= 0.3 is 0 Å². The third-order valence-corrected chi connectivity index (χ3v) is 6.03. The Balaban J connectivity index is 1.54. The fourth-order valence-corrected chi connectivity index (χ4v) is 4.51. The molecule has 0 spiro atoms. The molecule has 0 unspecified atom stereocenters. The van der Waals surface area contributed by atoms with Crippen molar-refractivity contribution in [2.24, 2.45) is 0 Å². The molecule has 2 aliphatic heterocycles. The molecule has 2 saturated heterocycles. The first-order valence-corrected chi connectivity index (χ1v) is 9.84. The maximum absolute atomic E-state index is 13.2. The number of nitrogens with zero attached hydrogens (tertiary/aromatic N) is 2. The van der Waals surface area contributed by atoms with Crippen LogP contribution in [0.4, 0.5) is 0 Å². The van der Waals surface area contributed by atoms with Crippen LogP contribution in [0.3, 0.4) is 0 Å². The zero-order chi connectivity index (χ0) is 19.1. The van der Waals surface area contributed by atoms with E-state index in [0.717, 1.165) is 42.5 Å². The van der Waals surface area contributed by atoms with Crippen molar-refractivity contribution >= 4 is 16.8 Å². The summed E-state index contributed by atoms with van der Waals surface area (Å²) in [6, 6.07) is 4.35. The second-order valence-electron chi connectivity index (χ2n) is 7.98. The normalized spacial score (nSPS) is 24.5. The molecule has 0 saturated carbocycles. The minimum Gasteiger partial charge on any atom is -0.389 e. The average Bonchev–Trinajstić information content (AvgIpc) is 3.10. The average molecular weight is 371 g/mol. The van der Waals surface area contributed by atoms with Crippen LogP contribution < -0.4 is 0 Å². The van der Waals surface area contributed by atoms with E-state index in [1.165, 1.54) is 11.1 Å². The van der Waals surface area contributed by atoms with Gasteiger partial charge in [0.15, 0.2) is 0 Å². The standard InChI is InChI=1S/C21H29N3O3/c1-13-9-14(2)19-16(10-13)15(3)20(22-19)21(26)24-6-4-5-23(7-8-24)17-11-27-12-18(17)25/h9-10,17-18,22,25H,4-8,11-12H2,1-3H3/t17-,18-/m1/s1. The van der Waals surface area contributed by atoms with Gasteiger partial charge in [-0.3, -0.25) is 9.69 Å². The van der Waals surface area contributed by atoms with Crippen molar-refractivity contribution in [1.82, 2.24) is 14.8 Å². The van der Waals surface area contributed by atoms with E-state index < -0.39 is 6.10 Å². The molecule has 4 rings (SSSR count). The van der Waals surface area contributed by atoms with Crippen LogP contribution in [0.15, 0.2) is 12.1 Å². The fourth-order valence-electron chi connectivity index (χ4n) is 4.51. The van der Waals surface area contributed by atoms with E-state index in [-0.39, 0.29) is 11.9 Å². The van der Waals surface area contributed by atoms with Crippen LogP contribution in [0.1, 0.15) is 33.6 Å². The summed E-state index contributed by atoms with van der Waals surface area (Å²) in [7, 11) is 0. The first-order chi connectivity index (χ1) is 13.0. The topological polar surface area (TPSA) is 68.8 Å². The summed E-state index contributed by atoms with van der Waals surface area (Å²) < 4.78 is 5.40. The van der Waals surface area contributed by atoms with E-state index in [0.29, 0.717) is 25.5 Å². The number of rotatable bonds is 2. The van der Waals surface area contributed by atoms with Crippen LogP contribution in [0.2, 0.25) is 0 Å². The molecule has 2 atom stereocenters. The summed E-state index contributed by atoms with van der Waals surface area (Å²) >= 11 is 0. The van der Waals surface area contributed by atoms with E-state index in [1.54, 1.807) is 0 Å². The summed E-state index contributed by atoms with van der Waals surface area (Å²) in [4.78, 5) is 20.8. The molecule has 0 bridgehead atoms. The molecule has 2 fully saturated rings. The number of benzene rings is 1. The zero-order valence-electron chi connectivity index (χ0n) is 16.4. The Morgan fingerprint density at radius 2 is 1.96 bits per heavy atom. The van der Waals surface area contributed by atoms with E-state index in [2.05, 4.69) is 35.9 Å². The Kier molecular flexibility index (Phi) is 4.97. The van der Waals surface area contributed by atoms with E-state index in [1.807, 2.05) is 11.8 Å². The van der Waals surface area contributed by atoms with Crippen LogP contribution in [0.25, 0.3) is 10.9 Å². The van der Waals surface area contributed by atoms with Crippen LogP contribution in [0, 0.1) is 20.8 Å². The number of ether oxygens (including phenoxy) is 1. The highest BCUT2D eigenvalue weighted by Gasteiger charge is 2.33. The van der Waals surface area contributed by atoms with Crippen LogP contribution in [-0.4, -0.2) is 77.3 Å². The van der Waals surface area contributed by atoms with Gasteiger partial charge in [-0.2, -0.15) is 0 Å². The molecule has 146 valence electrons.